The number of hydrogen-bond acceptors (Lipinski definition) is 6. The van der Waals surface area contributed by atoms with Crippen LogP contribution in [0.15, 0.2) is 0 Å². The van der Waals surface area contributed by atoms with Gasteiger partial charge in [0.15, 0.2) is 0 Å². The van der Waals surface area contributed by atoms with Crippen LogP contribution in [0.4, 0.5) is 11.6 Å². The Morgan fingerprint density at radius 1 is 1.16 bits per heavy atom. The highest BCUT2D eigenvalue weighted by Gasteiger charge is 2.11. The predicted molar refractivity (Wildman–Crippen MR) is 76.8 cm³/mol. The van der Waals surface area contributed by atoms with Gasteiger partial charge >= 0.3 is 0 Å². The number of rotatable bonds is 5. The fourth-order valence-electron chi connectivity index (χ4n) is 2.20. The minimum absolute atomic E-state index is 0.781. The number of nitrogens with zero attached hydrogens (tertiary/aromatic N) is 3. The fourth-order valence-corrected chi connectivity index (χ4v) is 2.20. The molecular formula is C13H23N5O. The first kappa shape index (κ1) is 14.0. The van der Waals surface area contributed by atoms with Gasteiger partial charge in [-0.05, 0) is 13.8 Å². The molecule has 2 N–H and O–H groups in total. The Bertz CT molecular complexity index is 418. The summed E-state index contributed by atoms with van der Waals surface area (Å²) in [6.45, 7) is 9.57. The number of anilines is 2. The summed E-state index contributed by atoms with van der Waals surface area (Å²) in [4.78, 5) is 11.2. The highest BCUT2D eigenvalue weighted by atomic mass is 16.5. The van der Waals surface area contributed by atoms with Crippen molar-refractivity contribution in [2.45, 2.75) is 13.8 Å². The van der Waals surface area contributed by atoms with E-state index in [0.29, 0.717) is 0 Å². The maximum absolute atomic E-state index is 5.34. The molecule has 19 heavy (non-hydrogen) atoms. The summed E-state index contributed by atoms with van der Waals surface area (Å²) in [6, 6.07) is 0. The first-order chi connectivity index (χ1) is 9.20. The third-order valence-corrected chi connectivity index (χ3v) is 3.32. The summed E-state index contributed by atoms with van der Waals surface area (Å²) in [5.74, 6) is 2.59. The summed E-state index contributed by atoms with van der Waals surface area (Å²) in [5.41, 5.74) is 1.06. The van der Waals surface area contributed by atoms with Gasteiger partial charge in [-0.25, -0.2) is 9.97 Å². The number of hydrogen-bond donors (Lipinski definition) is 2. The molecule has 6 nitrogen and oxygen atoms in total. The van der Waals surface area contributed by atoms with E-state index in [2.05, 4.69) is 25.5 Å². The second kappa shape index (κ2) is 6.68. The Kier molecular flexibility index (Phi) is 4.93. The van der Waals surface area contributed by atoms with E-state index in [0.717, 1.165) is 62.4 Å². The van der Waals surface area contributed by atoms with Crippen LogP contribution < -0.4 is 10.6 Å². The van der Waals surface area contributed by atoms with Crippen LogP contribution in [0, 0.1) is 13.8 Å². The van der Waals surface area contributed by atoms with E-state index in [4.69, 9.17) is 4.74 Å². The molecule has 0 amide bonds. The lowest BCUT2D eigenvalue weighted by atomic mass is 10.3. The molecule has 1 saturated heterocycles. The van der Waals surface area contributed by atoms with Gasteiger partial charge in [0, 0.05) is 38.8 Å². The third-order valence-electron chi connectivity index (χ3n) is 3.32. The van der Waals surface area contributed by atoms with Crippen molar-refractivity contribution in [2.24, 2.45) is 0 Å². The van der Waals surface area contributed by atoms with Crippen molar-refractivity contribution in [3.8, 4) is 0 Å². The van der Waals surface area contributed by atoms with Gasteiger partial charge in [-0.15, -0.1) is 0 Å². The number of ether oxygens (including phenoxy) is 1. The quantitative estimate of drug-likeness (QED) is 0.824. The zero-order valence-corrected chi connectivity index (χ0v) is 12.0. The van der Waals surface area contributed by atoms with Crippen LogP contribution in [-0.2, 0) is 4.74 Å². The highest BCUT2D eigenvalue weighted by Crippen LogP contribution is 2.18. The van der Waals surface area contributed by atoms with Gasteiger partial charge in [0.25, 0.3) is 0 Å². The maximum Gasteiger partial charge on any atom is 0.134 e. The van der Waals surface area contributed by atoms with Gasteiger partial charge < -0.3 is 15.4 Å². The Hall–Kier alpha value is -1.40. The minimum atomic E-state index is 0.781. The summed E-state index contributed by atoms with van der Waals surface area (Å²) in [7, 11) is 1.88. The molecule has 1 aliphatic heterocycles. The average molecular weight is 265 g/mol. The second-order valence-electron chi connectivity index (χ2n) is 4.72. The smallest absolute Gasteiger partial charge is 0.134 e. The Morgan fingerprint density at radius 2 is 1.84 bits per heavy atom. The van der Waals surface area contributed by atoms with Crippen molar-refractivity contribution >= 4 is 11.6 Å². The van der Waals surface area contributed by atoms with Gasteiger partial charge in [-0.3, -0.25) is 4.90 Å². The molecule has 2 rings (SSSR count). The van der Waals surface area contributed by atoms with Crippen molar-refractivity contribution in [2.75, 3.05) is 57.1 Å². The molecule has 1 fully saturated rings. The van der Waals surface area contributed by atoms with E-state index in [9.17, 15) is 0 Å². The first-order valence-electron chi connectivity index (χ1n) is 6.77. The lowest BCUT2D eigenvalue weighted by Gasteiger charge is -2.26. The Balaban J connectivity index is 1.89. The third kappa shape index (κ3) is 3.78. The molecule has 0 bridgehead atoms. The van der Waals surface area contributed by atoms with Crippen molar-refractivity contribution in [3.63, 3.8) is 0 Å². The highest BCUT2D eigenvalue weighted by molar-refractivity contribution is 5.56. The lowest BCUT2D eigenvalue weighted by molar-refractivity contribution is 0.0398. The summed E-state index contributed by atoms with van der Waals surface area (Å²) >= 11 is 0. The van der Waals surface area contributed by atoms with Crippen LogP contribution in [0.25, 0.3) is 0 Å². The molecule has 0 radical (unpaired) electrons. The van der Waals surface area contributed by atoms with E-state index in [1.54, 1.807) is 0 Å². The van der Waals surface area contributed by atoms with Gasteiger partial charge in [-0.2, -0.15) is 0 Å². The van der Waals surface area contributed by atoms with E-state index in [1.165, 1.54) is 0 Å². The van der Waals surface area contributed by atoms with Crippen LogP contribution in [0.5, 0.6) is 0 Å². The SMILES string of the molecule is CNc1nc(C)nc(NCCN2CCOCC2)c1C. The van der Waals surface area contributed by atoms with Crippen LogP contribution in [0.2, 0.25) is 0 Å². The van der Waals surface area contributed by atoms with Crippen LogP contribution >= 0.6 is 0 Å². The monoisotopic (exact) mass is 265 g/mol. The topological polar surface area (TPSA) is 62.3 Å². The first-order valence-corrected chi connectivity index (χ1v) is 6.77. The maximum atomic E-state index is 5.34. The minimum Gasteiger partial charge on any atom is -0.379 e. The van der Waals surface area contributed by atoms with Crippen LogP contribution in [0.1, 0.15) is 11.4 Å². The zero-order valence-electron chi connectivity index (χ0n) is 12.0. The van der Waals surface area contributed by atoms with E-state index in [-0.39, 0.29) is 0 Å². The molecule has 106 valence electrons. The van der Waals surface area contributed by atoms with Crippen molar-refractivity contribution in [1.82, 2.24) is 14.9 Å². The lowest BCUT2D eigenvalue weighted by Crippen LogP contribution is -2.39. The van der Waals surface area contributed by atoms with Gasteiger partial charge in [0.1, 0.15) is 17.5 Å². The van der Waals surface area contributed by atoms with Crippen molar-refractivity contribution < 1.29 is 4.74 Å². The normalized spacial score (nSPS) is 16.4. The molecule has 1 aromatic heterocycles. The fraction of sp³-hybridized carbons (Fsp3) is 0.692. The molecule has 0 spiro atoms. The van der Waals surface area contributed by atoms with Crippen molar-refractivity contribution in [3.05, 3.63) is 11.4 Å². The van der Waals surface area contributed by atoms with Crippen LogP contribution in [-0.4, -0.2) is 61.3 Å². The molecule has 6 heteroatoms. The molecule has 0 aromatic carbocycles. The Labute approximate surface area is 114 Å². The number of aromatic nitrogens is 2. The van der Waals surface area contributed by atoms with Gasteiger partial charge in [0.05, 0.1) is 13.2 Å². The molecule has 0 saturated carbocycles. The second-order valence-corrected chi connectivity index (χ2v) is 4.72. The molecule has 0 unspecified atom stereocenters. The number of morpholine rings is 1. The summed E-state index contributed by atoms with van der Waals surface area (Å²) in [5, 5.41) is 6.50. The van der Waals surface area contributed by atoms with Gasteiger partial charge in [-0.1, -0.05) is 0 Å². The average Bonchev–Trinajstić information content (AvgIpc) is 2.43. The Morgan fingerprint density at radius 3 is 2.53 bits per heavy atom. The van der Waals surface area contributed by atoms with E-state index < -0.39 is 0 Å². The van der Waals surface area contributed by atoms with E-state index >= 15 is 0 Å². The summed E-state index contributed by atoms with van der Waals surface area (Å²) < 4.78 is 5.34. The van der Waals surface area contributed by atoms with Crippen LogP contribution in [0.3, 0.4) is 0 Å². The number of nitrogens with one attached hydrogen (secondary N) is 2. The molecule has 0 atom stereocenters. The molecular weight excluding hydrogens is 242 g/mol. The molecule has 1 aromatic rings. The number of aryl methyl sites for hydroxylation is 1. The molecule has 2 heterocycles. The largest absolute Gasteiger partial charge is 0.379 e. The molecule has 0 aliphatic carbocycles. The standard InChI is InChI=1S/C13H23N5O/c1-10-12(14-3)16-11(2)17-13(10)15-4-5-18-6-8-19-9-7-18/h4-9H2,1-3H3,(H2,14,15,16,17). The van der Waals surface area contributed by atoms with E-state index in [1.807, 2.05) is 20.9 Å². The molecule has 1 aliphatic rings. The zero-order chi connectivity index (χ0) is 13.7. The van der Waals surface area contributed by atoms with Gasteiger partial charge in [0.2, 0.25) is 0 Å². The van der Waals surface area contributed by atoms with Crippen molar-refractivity contribution in [1.29, 1.82) is 0 Å². The predicted octanol–water partition coefficient (Wildman–Crippen LogP) is 0.879. The summed E-state index contributed by atoms with van der Waals surface area (Å²) in [6.07, 6.45) is 0.